The quantitative estimate of drug-likeness (QED) is 0.0437. The Morgan fingerprint density at radius 3 is 0.310 bits per heavy atom. The van der Waals surface area contributed by atoms with Gasteiger partial charge in [0.05, 0.1) is 0 Å². The second kappa shape index (κ2) is 96.5. The van der Waals surface area contributed by atoms with Crippen LogP contribution >= 0.6 is 0 Å². The molecular weight excluding hydrogens is 1150 g/mol. The van der Waals surface area contributed by atoms with Gasteiger partial charge >= 0.3 is 43.4 Å². The molecule has 0 saturated carbocycles. The Bertz CT molecular complexity index is 1020. The zero-order valence-electron chi connectivity index (χ0n) is 56.6. The number of hydrogen-bond donors (Lipinski definition) is 0. The molecule has 0 heterocycles. The topological polar surface area (TPSA) is 163 Å². The van der Waals surface area contributed by atoms with Crippen LogP contribution in [0.3, 0.4) is 0 Å². The fraction of sp³-hybridized carbons (Fsp3) is 0.944. The number of nitrogens with one attached hydrogen (secondary N) is 4. The second-order valence-corrected chi connectivity index (χ2v) is 24.5. The first kappa shape index (κ1) is 100. The molecule has 12 heteroatoms. The van der Waals surface area contributed by atoms with E-state index in [0.29, 0.717) is 25.7 Å². The Hall–Kier alpha value is -0.111. The minimum Gasteiger partial charge on any atom is -1.00 e. The Morgan fingerprint density at radius 2 is 0.238 bits per heavy atom. The van der Waals surface area contributed by atoms with Crippen molar-refractivity contribution in [2.75, 3.05) is 0 Å². The van der Waals surface area contributed by atoms with Crippen LogP contribution in [0, 0.1) is 0 Å². The third-order valence-electron chi connectivity index (χ3n) is 16.0. The second-order valence-electron chi connectivity index (χ2n) is 24.5. The Kier molecular flexibility index (Phi) is 115. The first-order valence-electron chi connectivity index (χ1n) is 36.1. The van der Waals surface area contributed by atoms with Crippen LogP contribution in [0.1, 0.15) is 439 Å². The minimum atomic E-state index is -0.403. The zero-order valence-corrected chi connectivity index (χ0v) is 61.3. The van der Waals surface area contributed by atoms with E-state index < -0.39 is 23.6 Å². The molecule has 0 aliphatic rings. The van der Waals surface area contributed by atoms with Crippen LogP contribution in [-0.2, 0) is 62.6 Å². The number of carbonyl (C=O) groups is 4. The van der Waals surface area contributed by atoms with E-state index in [0.717, 1.165) is 51.4 Å². The Balaban J connectivity index is -0.000000150. The fourth-order valence-electron chi connectivity index (χ4n) is 10.6. The number of unbranched alkanes of at least 4 members (excludes halogenated alkanes) is 56. The molecule has 0 aliphatic heterocycles. The molecule has 4 N–H and O–H groups in total. The summed E-state index contributed by atoms with van der Waals surface area (Å²) in [7, 11) is 0. The van der Waals surface area contributed by atoms with E-state index in [1.807, 2.05) is 0 Å². The summed E-state index contributed by atoms with van der Waals surface area (Å²) in [5.41, 5.74) is 27.3. The number of carbonyl (C=O) groups excluding carboxylic acids is 4. The maximum Gasteiger partial charge on any atom is 3.00 e. The van der Waals surface area contributed by atoms with Gasteiger partial charge in [-0.1, -0.05) is 387 Å². The van der Waals surface area contributed by atoms with Gasteiger partial charge in [-0.2, -0.15) is 0 Å². The van der Waals surface area contributed by atoms with Gasteiger partial charge in [0.1, 0.15) is 0 Å². The van der Waals surface area contributed by atoms with Crippen molar-refractivity contribution in [3.05, 3.63) is 22.9 Å². The number of rotatable bonds is 64. The molecule has 0 aromatic carbocycles. The van der Waals surface area contributed by atoms with Gasteiger partial charge in [0, 0.05) is 23.6 Å². The summed E-state index contributed by atoms with van der Waals surface area (Å²) in [5, 5.41) is 0. The van der Waals surface area contributed by atoms with Crippen molar-refractivity contribution in [2.45, 2.75) is 439 Å². The first-order chi connectivity index (χ1) is 39.1. The van der Waals surface area contributed by atoms with Crippen molar-refractivity contribution >= 4 is 23.6 Å². The number of halogens is 2. The Labute approximate surface area is 568 Å². The molecule has 0 bridgehead atoms. The molecule has 2 radical (unpaired) electrons. The summed E-state index contributed by atoms with van der Waals surface area (Å²) in [4.78, 5) is 41.8. The van der Waals surface area contributed by atoms with Crippen molar-refractivity contribution in [3.8, 4) is 0 Å². The molecule has 0 rings (SSSR count). The van der Waals surface area contributed by atoms with E-state index in [9.17, 15) is 19.2 Å². The van der Waals surface area contributed by atoms with E-state index in [2.05, 4.69) is 27.7 Å². The largest absolute Gasteiger partial charge is 3.00 e. The van der Waals surface area contributed by atoms with E-state index in [1.54, 1.807) is 0 Å². The molecule has 84 heavy (non-hydrogen) atoms. The monoisotopic (exact) mass is 1290 g/mol. The van der Waals surface area contributed by atoms with E-state index in [4.69, 9.17) is 22.9 Å². The van der Waals surface area contributed by atoms with Gasteiger partial charge in [-0.15, -0.1) is 0 Å². The van der Waals surface area contributed by atoms with Crippen LogP contribution in [0.4, 0.5) is 0 Å². The average Bonchev–Trinajstić information content (AvgIpc) is 3.43. The normalized spacial score (nSPS) is 10.3. The van der Waals surface area contributed by atoms with E-state index >= 15 is 0 Å². The SMILES string of the molecule is CCCCCCCCCCCCCCCCCC([NH-])=O.CCCCCCCCCCCCCCCCCC([NH-])=O.CCCCCCCCCCCCCCCCCC([NH-])=O.CCCCCCCCCCCCCCCCCC([NH-])=O.[Cl-].[Cl-].[Ti+3].[Ti+3]. The molecule has 0 aliphatic carbocycles. The van der Waals surface area contributed by atoms with Gasteiger partial charge < -0.3 is 66.9 Å². The van der Waals surface area contributed by atoms with Gasteiger partial charge in [0.25, 0.3) is 0 Å². The van der Waals surface area contributed by atoms with Crippen LogP contribution in [0.2, 0.25) is 0 Å². The smallest absolute Gasteiger partial charge is 1.00 e. The molecule has 0 saturated heterocycles. The maximum absolute atomic E-state index is 10.4. The molecule has 0 aromatic heterocycles. The summed E-state index contributed by atoms with van der Waals surface area (Å²) < 4.78 is 0. The third kappa shape index (κ3) is 116. The van der Waals surface area contributed by atoms with Gasteiger partial charge in [-0.05, 0) is 51.4 Å². The predicted octanol–water partition coefficient (Wildman–Crippen LogP) is 21.3. The van der Waals surface area contributed by atoms with Crippen LogP contribution < -0.4 is 24.8 Å². The zero-order chi connectivity index (χ0) is 59.6. The number of amides is 4. The van der Waals surface area contributed by atoms with Crippen molar-refractivity contribution in [2.24, 2.45) is 0 Å². The average molecular weight is 1300 g/mol. The predicted molar refractivity (Wildman–Crippen MR) is 355 cm³/mol. The third-order valence-corrected chi connectivity index (χ3v) is 16.0. The molecular formula is C72H144Cl2N4O4Ti2. The van der Waals surface area contributed by atoms with Crippen molar-refractivity contribution in [1.29, 1.82) is 0 Å². The van der Waals surface area contributed by atoms with Crippen molar-refractivity contribution in [1.82, 2.24) is 0 Å². The van der Waals surface area contributed by atoms with Crippen molar-refractivity contribution in [3.63, 3.8) is 0 Å². The molecule has 8 nitrogen and oxygen atoms in total. The Morgan fingerprint density at radius 1 is 0.167 bits per heavy atom. The van der Waals surface area contributed by atoms with Crippen LogP contribution in [0.5, 0.6) is 0 Å². The molecule has 0 atom stereocenters. The van der Waals surface area contributed by atoms with Gasteiger partial charge in [-0.25, -0.2) is 0 Å². The fourth-order valence-corrected chi connectivity index (χ4v) is 10.6. The standard InChI is InChI=1S/4C18H37NO.2ClH.2Ti/c4*1-2-3-4-5-6-7-8-9-10-11-12-13-14-15-16-17-18(19)20;;;;/h4*2-17H2,1H3,(H2,19,20);2*1H;;/q;;;;;;2*+3/p-6. The van der Waals surface area contributed by atoms with Crippen LogP contribution in [0.15, 0.2) is 0 Å². The minimum absolute atomic E-state index is 0. The summed E-state index contributed by atoms with van der Waals surface area (Å²) in [6.45, 7) is 9.09. The molecule has 0 unspecified atom stereocenters. The summed E-state index contributed by atoms with van der Waals surface area (Å²) >= 11 is 0. The van der Waals surface area contributed by atoms with Gasteiger partial charge in [0.2, 0.25) is 0 Å². The van der Waals surface area contributed by atoms with Crippen molar-refractivity contribution < 1.29 is 87.4 Å². The number of hydrogen-bond acceptors (Lipinski definition) is 4. The molecule has 0 spiro atoms. The first-order valence-corrected chi connectivity index (χ1v) is 36.1. The van der Waals surface area contributed by atoms with Crippen LogP contribution in [-0.4, -0.2) is 23.6 Å². The molecule has 498 valence electrons. The summed E-state index contributed by atoms with van der Waals surface area (Å²) in [6.07, 6.45) is 82.2. The van der Waals surface area contributed by atoms with E-state index in [-0.39, 0.29) is 68.2 Å². The van der Waals surface area contributed by atoms with Gasteiger partial charge in [0.15, 0.2) is 0 Å². The molecule has 0 fully saturated rings. The molecule has 0 aromatic rings. The molecule has 4 amide bonds. The van der Waals surface area contributed by atoms with E-state index in [1.165, 1.54) is 334 Å². The summed E-state index contributed by atoms with van der Waals surface area (Å²) in [6, 6.07) is 0. The summed E-state index contributed by atoms with van der Waals surface area (Å²) in [5.74, 6) is -1.61. The maximum atomic E-state index is 10.4. The van der Waals surface area contributed by atoms with Gasteiger partial charge in [-0.3, -0.25) is 0 Å². The van der Waals surface area contributed by atoms with Crippen LogP contribution in [0.25, 0.3) is 22.9 Å².